The summed E-state index contributed by atoms with van der Waals surface area (Å²) in [7, 11) is 0. The average molecular weight is 634 g/mol. The minimum atomic E-state index is -1.56. The first-order chi connectivity index (χ1) is 21.5. The molecule has 0 aliphatic heterocycles. The third kappa shape index (κ3) is 25.6. The van der Waals surface area contributed by atoms with Gasteiger partial charge in [-0.2, -0.15) is 0 Å². The van der Waals surface area contributed by atoms with Gasteiger partial charge in [-0.3, -0.25) is 9.59 Å². The summed E-state index contributed by atoms with van der Waals surface area (Å²) < 4.78 is 53.6. The van der Waals surface area contributed by atoms with Crippen LogP contribution in [0.4, 0.5) is 5.69 Å². The fourth-order valence-electron chi connectivity index (χ4n) is 3.03. The molecular weight excluding hydrogens is 586 g/mol. The van der Waals surface area contributed by atoms with Crippen LogP contribution in [-0.2, 0) is 57.0 Å². The van der Waals surface area contributed by atoms with Crippen molar-refractivity contribution in [2.24, 2.45) is 0 Å². The maximum absolute atomic E-state index is 11.3. The number of aliphatic carboxylic acids is 1. The van der Waals surface area contributed by atoms with Crippen molar-refractivity contribution in [1.29, 1.82) is 0 Å². The topological polar surface area (TPSA) is 190 Å². The molecule has 0 fully saturated rings. The zero-order chi connectivity index (χ0) is 31.9. The van der Waals surface area contributed by atoms with Crippen molar-refractivity contribution in [1.82, 2.24) is 0 Å². The van der Waals surface area contributed by atoms with Gasteiger partial charge >= 0.3 is 11.9 Å². The summed E-state index contributed by atoms with van der Waals surface area (Å²) in [4.78, 5) is 32.6. The van der Waals surface area contributed by atoms with Gasteiger partial charge in [-0.1, -0.05) is 0 Å². The van der Waals surface area contributed by atoms with Gasteiger partial charge in [0.25, 0.3) is 0 Å². The first-order valence-electron chi connectivity index (χ1n) is 14.5. The van der Waals surface area contributed by atoms with Gasteiger partial charge < -0.3 is 58.2 Å². The molecule has 0 atom stereocenters. The highest BCUT2D eigenvalue weighted by atomic mass is 16.6. The number of anilines is 1. The van der Waals surface area contributed by atoms with E-state index in [9.17, 15) is 14.4 Å². The molecule has 0 aliphatic carbocycles. The number of esters is 1. The molecule has 0 bridgehead atoms. The van der Waals surface area contributed by atoms with E-state index in [-0.39, 0.29) is 26.1 Å². The van der Waals surface area contributed by atoms with Crippen LogP contribution in [0.3, 0.4) is 0 Å². The van der Waals surface area contributed by atoms with E-state index >= 15 is 0 Å². The van der Waals surface area contributed by atoms with Crippen LogP contribution < -0.4 is 10.5 Å². The molecule has 252 valence electrons. The number of ketones is 1. The average Bonchev–Trinajstić information content (AvgIpc) is 3.02. The van der Waals surface area contributed by atoms with Gasteiger partial charge in [0.2, 0.25) is 5.78 Å². The molecule has 0 amide bonds. The SMILES string of the molecule is Nc1ccc(OCCOCCOCCOCCOCCOCCOCCOCCOCCOC(=O)CCC(=O)C(=O)O)cc1. The molecule has 44 heavy (non-hydrogen) atoms. The van der Waals surface area contributed by atoms with Crippen LogP contribution in [0.25, 0.3) is 0 Å². The smallest absolute Gasteiger partial charge is 0.372 e. The molecular formula is C29H47NO14. The number of carbonyl (C=O) groups excluding carboxylic acids is 2. The molecule has 15 nitrogen and oxygen atoms in total. The Labute approximate surface area is 258 Å². The molecule has 0 saturated carbocycles. The second-order valence-corrected chi connectivity index (χ2v) is 8.77. The molecule has 3 N–H and O–H groups in total. The Morgan fingerprint density at radius 3 is 1.20 bits per heavy atom. The van der Waals surface area contributed by atoms with Gasteiger partial charge in [-0.15, -0.1) is 0 Å². The van der Waals surface area contributed by atoms with Crippen LogP contribution in [0.1, 0.15) is 12.8 Å². The van der Waals surface area contributed by atoms with E-state index in [0.29, 0.717) is 111 Å². The number of carbonyl (C=O) groups is 3. The van der Waals surface area contributed by atoms with Crippen LogP contribution in [0.15, 0.2) is 24.3 Å². The predicted octanol–water partition coefficient (Wildman–Crippen LogP) is 0.758. The van der Waals surface area contributed by atoms with Gasteiger partial charge in [-0.05, 0) is 24.3 Å². The number of Topliss-reactive ketones (excluding diaryl/α,β-unsaturated/α-hetero) is 1. The lowest BCUT2D eigenvalue weighted by Gasteiger charge is -2.09. The van der Waals surface area contributed by atoms with E-state index in [2.05, 4.69) is 0 Å². The maximum atomic E-state index is 11.3. The highest BCUT2D eigenvalue weighted by Gasteiger charge is 2.14. The zero-order valence-electron chi connectivity index (χ0n) is 25.3. The van der Waals surface area contributed by atoms with Crippen molar-refractivity contribution in [3.63, 3.8) is 0 Å². The lowest BCUT2D eigenvalue weighted by Crippen LogP contribution is -2.17. The summed E-state index contributed by atoms with van der Waals surface area (Å²) in [6.07, 6.45) is -0.660. The standard InChI is InChI=1S/C29H47NO14/c30-25-1-3-26(4-2-25)43-23-21-41-19-17-39-15-13-37-11-9-35-7-8-36-10-12-38-14-16-40-18-20-42-22-24-44-28(32)6-5-27(31)29(33)34/h1-4H,5-24,30H2,(H,33,34). The second kappa shape index (κ2) is 28.9. The Balaban J connectivity index is 1.67. The number of nitrogens with two attached hydrogens (primary N) is 1. The van der Waals surface area contributed by atoms with Gasteiger partial charge in [0.15, 0.2) is 0 Å². The Morgan fingerprint density at radius 1 is 0.500 bits per heavy atom. The Morgan fingerprint density at radius 2 is 0.841 bits per heavy atom. The third-order valence-electron chi connectivity index (χ3n) is 5.27. The van der Waals surface area contributed by atoms with Crippen LogP contribution in [0, 0.1) is 0 Å². The number of hydrogen-bond donors (Lipinski definition) is 2. The lowest BCUT2D eigenvalue weighted by atomic mass is 10.2. The highest BCUT2D eigenvalue weighted by Crippen LogP contribution is 2.12. The van der Waals surface area contributed by atoms with Crippen LogP contribution in [0.5, 0.6) is 5.75 Å². The van der Waals surface area contributed by atoms with Crippen molar-refractivity contribution < 1.29 is 66.9 Å². The normalized spacial score (nSPS) is 11.0. The van der Waals surface area contributed by atoms with Crippen molar-refractivity contribution in [2.75, 3.05) is 125 Å². The number of ether oxygens (including phenoxy) is 10. The molecule has 0 aliphatic rings. The minimum Gasteiger partial charge on any atom is -0.491 e. The van der Waals surface area contributed by atoms with E-state index in [1.165, 1.54) is 0 Å². The van der Waals surface area contributed by atoms with E-state index in [4.69, 9.17) is 58.2 Å². The van der Waals surface area contributed by atoms with Crippen LogP contribution >= 0.6 is 0 Å². The predicted molar refractivity (Wildman–Crippen MR) is 156 cm³/mol. The number of rotatable bonds is 32. The summed E-state index contributed by atoms with van der Waals surface area (Å²) in [6, 6.07) is 7.21. The Hall–Kier alpha value is -2.89. The maximum Gasteiger partial charge on any atom is 0.372 e. The summed E-state index contributed by atoms with van der Waals surface area (Å²) in [5, 5.41) is 8.43. The van der Waals surface area contributed by atoms with Crippen molar-refractivity contribution in [3.8, 4) is 5.75 Å². The molecule has 0 aromatic heterocycles. The van der Waals surface area contributed by atoms with Gasteiger partial charge in [0.1, 0.15) is 19.0 Å². The second-order valence-electron chi connectivity index (χ2n) is 8.77. The minimum absolute atomic E-state index is 0.0139. The molecule has 0 unspecified atom stereocenters. The zero-order valence-corrected chi connectivity index (χ0v) is 25.3. The van der Waals surface area contributed by atoms with E-state index in [1.54, 1.807) is 12.1 Å². The van der Waals surface area contributed by atoms with Crippen molar-refractivity contribution in [3.05, 3.63) is 24.3 Å². The van der Waals surface area contributed by atoms with E-state index in [0.717, 1.165) is 5.75 Å². The van der Waals surface area contributed by atoms with Crippen molar-refractivity contribution in [2.45, 2.75) is 12.8 Å². The summed E-state index contributed by atoms with van der Waals surface area (Å²) in [5.41, 5.74) is 6.33. The number of nitrogen functional groups attached to an aromatic ring is 1. The lowest BCUT2D eigenvalue weighted by molar-refractivity contribution is -0.151. The summed E-state index contributed by atoms with van der Waals surface area (Å²) >= 11 is 0. The first kappa shape index (κ1) is 39.1. The van der Waals surface area contributed by atoms with Gasteiger partial charge in [-0.25, -0.2) is 4.79 Å². The third-order valence-corrected chi connectivity index (χ3v) is 5.27. The van der Waals surface area contributed by atoms with Crippen LogP contribution in [0.2, 0.25) is 0 Å². The number of benzene rings is 1. The molecule has 0 radical (unpaired) electrons. The fraction of sp³-hybridized carbons (Fsp3) is 0.690. The Kier molecular flexibility index (Phi) is 25.7. The van der Waals surface area contributed by atoms with E-state index in [1.807, 2.05) is 12.1 Å². The summed E-state index contributed by atoms with van der Waals surface area (Å²) in [5.74, 6) is -2.48. The molecule has 0 saturated heterocycles. The quantitative estimate of drug-likeness (QED) is 0.0489. The van der Waals surface area contributed by atoms with Crippen molar-refractivity contribution >= 4 is 23.4 Å². The number of carboxylic acids is 1. The molecule has 0 heterocycles. The molecule has 1 aromatic rings. The first-order valence-corrected chi connectivity index (χ1v) is 14.5. The number of carboxylic acid groups (broad SMARTS) is 1. The Bertz CT molecular complexity index is 855. The largest absolute Gasteiger partial charge is 0.491 e. The molecule has 15 heteroatoms. The summed E-state index contributed by atoms with van der Waals surface area (Å²) in [6.45, 7) is 7.31. The fourth-order valence-corrected chi connectivity index (χ4v) is 3.03. The molecule has 1 aromatic carbocycles. The molecule has 0 spiro atoms. The number of hydrogen-bond acceptors (Lipinski definition) is 14. The van der Waals surface area contributed by atoms with E-state index < -0.39 is 17.7 Å². The van der Waals surface area contributed by atoms with Gasteiger partial charge in [0, 0.05) is 12.1 Å². The van der Waals surface area contributed by atoms with Gasteiger partial charge in [0.05, 0.1) is 112 Å². The molecule has 1 rings (SSSR count). The van der Waals surface area contributed by atoms with Crippen LogP contribution in [-0.4, -0.2) is 142 Å². The highest BCUT2D eigenvalue weighted by molar-refractivity contribution is 6.32. The monoisotopic (exact) mass is 633 g/mol.